The number of rotatable bonds is 1. The summed E-state index contributed by atoms with van der Waals surface area (Å²) in [5.74, 6) is -0.176. The Morgan fingerprint density at radius 2 is 2.00 bits per heavy atom. The minimum absolute atomic E-state index is 0.0256. The van der Waals surface area contributed by atoms with Crippen molar-refractivity contribution < 1.29 is 18.3 Å². The van der Waals surface area contributed by atoms with Crippen LogP contribution >= 0.6 is 15.9 Å². The molecule has 90 valence electrons. The second-order valence-corrected chi connectivity index (χ2v) is 4.22. The van der Waals surface area contributed by atoms with Gasteiger partial charge < -0.3 is 10.1 Å². The Balaban J connectivity index is 2.44. The van der Waals surface area contributed by atoms with Gasteiger partial charge in [-0.05, 0) is 18.2 Å². The van der Waals surface area contributed by atoms with Crippen molar-refractivity contribution in [1.29, 1.82) is 0 Å². The summed E-state index contributed by atoms with van der Waals surface area (Å²) in [4.78, 5) is 5.71. The summed E-state index contributed by atoms with van der Waals surface area (Å²) in [6, 6.07) is 4.45. The molecule has 0 saturated heterocycles. The number of phenolic OH excluding ortho intramolecular Hbond substituents is 1. The zero-order valence-corrected chi connectivity index (χ0v) is 9.80. The maximum absolute atomic E-state index is 12.3. The van der Waals surface area contributed by atoms with Crippen molar-refractivity contribution in [2.24, 2.45) is 0 Å². The highest BCUT2D eigenvalue weighted by Gasteiger charge is 2.33. The maximum Gasteiger partial charge on any atom is 0.432 e. The molecule has 0 unspecified atom stereocenters. The molecule has 1 aromatic heterocycles. The molecule has 1 heterocycles. The Morgan fingerprint density at radius 3 is 2.53 bits per heavy atom. The van der Waals surface area contributed by atoms with Crippen LogP contribution in [0.15, 0.2) is 28.9 Å². The largest absolute Gasteiger partial charge is 0.507 e. The molecule has 2 N–H and O–H groups in total. The molecule has 0 spiro atoms. The van der Waals surface area contributed by atoms with Crippen LogP contribution in [-0.2, 0) is 6.18 Å². The molecule has 0 radical (unpaired) electrons. The number of benzene rings is 1. The van der Waals surface area contributed by atoms with Crippen molar-refractivity contribution in [3.63, 3.8) is 0 Å². The van der Waals surface area contributed by atoms with Gasteiger partial charge in [0, 0.05) is 4.47 Å². The second-order valence-electron chi connectivity index (χ2n) is 3.30. The number of hydrogen-bond acceptors (Lipinski definition) is 2. The first-order valence-corrected chi connectivity index (χ1v) is 5.28. The fraction of sp³-hybridized carbons (Fsp3) is 0.100. The van der Waals surface area contributed by atoms with Gasteiger partial charge in [0.2, 0.25) is 0 Å². The van der Waals surface area contributed by atoms with Gasteiger partial charge in [0.05, 0.1) is 11.8 Å². The molecular weight excluding hydrogens is 301 g/mol. The van der Waals surface area contributed by atoms with E-state index < -0.39 is 11.9 Å². The number of aromatic hydroxyl groups is 1. The highest BCUT2D eigenvalue weighted by Crippen LogP contribution is 2.33. The Hall–Kier alpha value is -1.50. The number of halogens is 4. The summed E-state index contributed by atoms with van der Waals surface area (Å²) in [6.07, 6.45) is -3.78. The van der Waals surface area contributed by atoms with E-state index in [1.807, 2.05) is 0 Å². The van der Waals surface area contributed by atoms with E-state index in [0.717, 1.165) is 0 Å². The maximum atomic E-state index is 12.3. The number of nitrogens with zero attached hydrogens (tertiary/aromatic N) is 1. The van der Waals surface area contributed by atoms with Crippen molar-refractivity contribution in [3.05, 3.63) is 34.6 Å². The lowest BCUT2D eigenvalue weighted by Crippen LogP contribution is -2.04. The van der Waals surface area contributed by atoms with Gasteiger partial charge >= 0.3 is 6.18 Å². The number of phenols is 1. The topological polar surface area (TPSA) is 48.9 Å². The first-order valence-electron chi connectivity index (χ1n) is 4.49. The van der Waals surface area contributed by atoms with Crippen molar-refractivity contribution in [2.45, 2.75) is 6.18 Å². The van der Waals surface area contributed by atoms with Crippen molar-refractivity contribution in [1.82, 2.24) is 9.97 Å². The van der Waals surface area contributed by atoms with E-state index in [2.05, 4.69) is 25.9 Å². The smallest absolute Gasteiger partial charge is 0.432 e. The van der Waals surface area contributed by atoms with Crippen LogP contribution in [0.1, 0.15) is 5.69 Å². The molecule has 2 aromatic rings. The monoisotopic (exact) mass is 306 g/mol. The molecule has 0 atom stereocenters. The normalized spacial score (nSPS) is 11.8. The van der Waals surface area contributed by atoms with Crippen LogP contribution in [0.25, 0.3) is 11.4 Å². The first kappa shape index (κ1) is 12.0. The molecular formula is C10H6BrF3N2O. The van der Waals surface area contributed by atoms with Crippen LogP contribution < -0.4 is 0 Å². The molecule has 0 amide bonds. The number of alkyl halides is 3. The standard InChI is InChI=1S/C10H6BrF3N2O/c11-5-1-2-6(7(17)3-5)9-15-4-8(16-9)10(12,13)14/h1-4,17H,(H,15,16). The van der Waals surface area contributed by atoms with Gasteiger partial charge in [-0.15, -0.1) is 0 Å². The predicted molar refractivity (Wildman–Crippen MR) is 58.4 cm³/mol. The Bertz CT molecular complexity index is 551. The lowest BCUT2D eigenvalue weighted by atomic mass is 10.2. The Labute approximate surface area is 102 Å². The van der Waals surface area contributed by atoms with E-state index >= 15 is 0 Å². The highest BCUT2D eigenvalue weighted by atomic mass is 79.9. The minimum Gasteiger partial charge on any atom is -0.507 e. The summed E-state index contributed by atoms with van der Waals surface area (Å²) >= 11 is 3.14. The van der Waals surface area contributed by atoms with Crippen LogP contribution in [0.4, 0.5) is 13.2 Å². The van der Waals surface area contributed by atoms with E-state index in [1.165, 1.54) is 12.1 Å². The van der Waals surface area contributed by atoms with Gasteiger partial charge in [-0.1, -0.05) is 15.9 Å². The number of hydrogen-bond donors (Lipinski definition) is 2. The van der Waals surface area contributed by atoms with Crippen molar-refractivity contribution >= 4 is 15.9 Å². The SMILES string of the molecule is Oc1cc(Br)ccc1-c1ncc(C(F)(F)F)[nH]1. The number of H-pyrrole nitrogens is 1. The van der Waals surface area contributed by atoms with Gasteiger partial charge in [-0.25, -0.2) is 4.98 Å². The summed E-state index contributed by atoms with van der Waals surface area (Å²) in [5, 5.41) is 9.59. The lowest BCUT2D eigenvalue weighted by molar-refractivity contribution is -0.140. The molecule has 0 aliphatic heterocycles. The quantitative estimate of drug-likeness (QED) is 0.846. The van der Waals surface area contributed by atoms with Crippen LogP contribution in [-0.4, -0.2) is 15.1 Å². The third-order valence-electron chi connectivity index (χ3n) is 2.10. The molecule has 0 aliphatic rings. The van der Waals surface area contributed by atoms with Gasteiger partial charge in [0.15, 0.2) is 0 Å². The fourth-order valence-corrected chi connectivity index (χ4v) is 1.66. The number of nitrogens with one attached hydrogen (secondary N) is 1. The summed E-state index contributed by atoms with van der Waals surface area (Å²) in [6.45, 7) is 0. The second kappa shape index (κ2) is 4.06. The van der Waals surface area contributed by atoms with E-state index in [9.17, 15) is 18.3 Å². The van der Waals surface area contributed by atoms with Crippen LogP contribution in [0, 0.1) is 0 Å². The minimum atomic E-state index is -4.48. The first-order chi connectivity index (χ1) is 7.88. The number of aromatic nitrogens is 2. The summed E-state index contributed by atoms with van der Waals surface area (Å²) < 4.78 is 37.6. The molecule has 17 heavy (non-hydrogen) atoms. The Morgan fingerprint density at radius 1 is 1.29 bits per heavy atom. The van der Waals surface area contributed by atoms with E-state index in [4.69, 9.17) is 0 Å². The summed E-state index contributed by atoms with van der Waals surface area (Å²) in [7, 11) is 0. The van der Waals surface area contributed by atoms with Gasteiger partial charge in [0.1, 0.15) is 17.3 Å². The van der Waals surface area contributed by atoms with Crippen molar-refractivity contribution in [2.75, 3.05) is 0 Å². The molecule has 2 rings (SSSR count). The third-order valence-corrected chi connectivity index (χ3v) is 2.59. The van der Waals surface area contributed by atoms with E-state index in [-0.39, 0.29) is 17.1 Å². The van der Waals surface area contributed by atoms with Gasteiger partial charge in [-0.2, -0.15) is 13.2 Å². The summed E-state index contributed by atoms with van der Waals surface area (Å²) in [5.41, 5.74) is -0.737. The predicted octanol–water partition coefficient (Wildman–Crippen LogP) is 3.56. The average Bonchev–Trinajstić information content (AvgIpc) is 2.65. The molecule has 0 bridgehead atoms. The Kier molecular flexibility index (Phi) is 2.86. The number of imidazole rings is 1. The molecule has 0 saturated carbocycles. The lowest BCUT2D eigenvalue weighted by Gasteiger charge is -2.03. The third kappa shape index (κ3) is 2.44. The van der Waals surface area contributed by atoms with Crippen LogP contribution in [0.3, 0.4) is 0 Å². The zero-order chi connectivity index (χ0) is 12.6. The molecule has 7 heteroatoms. The highest BCUT2D eigenvalue weighted by molar-refractivity contribution is 9.10. The fourth-order valence-electron chi connectivity index (χ4n) is 1.31. The van der Waals surface area contributed by atoms with Crippen LogP contribution in [0.5, 0.6) is 5.75 Å². The molecule has 3 nitrogen and oxygen atoms in total. The molecule has 0 fully saturated rings. The van der Waals surface area contributed by atoms with Gasteiger partial charge in [0.25, 0.3) is 0 Å². The van der Waals surface area contributed by atoms with Crippen LogP contribution in [0.2, 0.25) is 0 Å². The average molecular weight is 307 g/mol. The number of aromatic amines is 1. The van der Waals surface area contributed by atoms with E-state index in [0.29, 0.717) is 10.7 Å². The van der Waals surface area contributed by atoms with Crippen molar-refractivity contribution in [3.8, 4) is 17.1 Å². The van der Waals surface area contributed by atoms with E-state index in [1.54, 1.807) is 6.07 Å². The van der Waals surface area contributed by atoms with Gasteiger partial charge in [-0.3, -0.25) is 0 Å². The zero-order valence-electron chi connectivity index (χ0n) is 8.22. The molecule has 0 aliphatic carbocycles. The molecule has 1 aromatic carbocycles.